The van der Waals surface area contributed by atoms with Crippen molar-refractivity contribution < 1.29 is 14.4 Å². The maximum atomic E-state index is 11.8. The number of hydrogen-bond acceptors (Lipinski definition) is 4. The minimum atomic E-state index is -0.502. The summed E-state index contributed by atoms with van der Waals surface area (Å²) in [5, 5.41) is 3.76. The minimum absolute atomic E-state index is 0.362. The number of carbonyl (C=O) groups is 2. The van der Waals surface area contributed by atoms with Gasteiger partial charge in [0.2, 0.25) is 11.6 Å². The molecule has 17 heavy (non-hydrogen) atoms. The molecule has 0 N–H and O–H groups in total. The molecule has 0 bridgehead atoms. The van der Waals surface area contributed by atoms with Crippen LogP contribution in [0, 0.1) is 5.41 Å². The molecule has 4 heteroatoms. The van der Waals surface area contributed by atoms with Crippen molar-refractivity contribution in [1.29, 1.82) is 0 Å². The fraction of sp³-hybridized carbons (Fsp3) is 0.462. The number of carbonyl (C=O) groups excluding carboxylic acids is 2. The third-order valence-corrected chi connectivity index (χ3v) is 2.51. The topological polar surface area (TPSA) is 55.7 Å². The van der Waals surface area contributed by atoms with Crippen molar-refractivity contribution in [1.82, 2.24) is 0 Å². The normalized spacial score (nSPS) is 17.8. The molecular weight excluding hydrogens is 218 g/mol. The first-order valence-corrected chi connectivity index (χ1v) is 5.38. The zero-order chi connectivity index (χ0) is 13.2. The van der Waals surface area contributed by atoms with Crippen LogP contribution in [0.1, 0.15) is 27.7 Å². The fourth-order valence-electron chi connectivity index (χ4n) is 1.56. The third-order valence-electron chi connectivity index (χ3n) is 2.51. The molecule has 4 nitrogen and oxygen atoms in total. The SMILES string of the molecule is CO/N=C(\C)C1=CC(=O)C(=O)C(C(C)(C)C)=C1. The number of hydrogen-bond donors (Lipinski definition) is 0. The maximum absolute atomic E-state index is 11.8. The van der Waals surface area contributed by atoms with Crippen LogP contribution in [0.15, 0.2) is 28.5 Å². The van der Waals surface area contributed by atoms with Crippen LogP contribution in [0.25, 0.3) is 0 Å². The Bertz CT molecular complexity index is 448. The first kappa shape index (κ1) is 13.4. The van der Waals surface area contributed by atoms with Crippen LogP contribution in [0.4, 0.5) is 0 Å². The molecule has 0 aliphatic heterocycles. The predicted molar refractivity (Wildman–Crippen MR) is 65.8 cm³/mol. The number of rotatable bonds is 2. The molecule has 0 saturated carbocycles. The summed E-state index contributed by atoms with van der Waals surface area (Å²) in [5.41, 5.74) is 1.35. The Morgan fingerprint density at radius 1 is 1.24 bits per heavy atom. The van der Waals surface area contributed by atoms with E-state index in [0.29, 0.717) is 16.9 Å². The van der Waals surface area contributed by atoms with E-state index in [9.17, 15) is 9.59 Å². The second kappa shape index (κ2) is 4.65. The van der Waals surface area contributed by atoms with Crippen LogP contribution >= 0.6 is 0 Å². The van der Waals surface area contributed by atoms with Gasteiger partial charge in [-0.1, -0.05) is 25.9 Å². The van der Waals surface area contributed by atoms with Crippen LogP contribution in [0.5, 0.6) is 0 Å². The molecule has 0 aromatic carbocycles. The van der Waals surface area contributed by atoms with E-state index in [4.69, 9.17) is 0 Å². The summed E-state index contributed by atoms with van der Waals surface area (Å²) in [6.45, 7) is 7.43. The lowest BCUT2D eigenvalue weighted by Gasteiger charge is -2.23. The van der Waals surface area contributed by atoms with Gasteiger partial charge < -0.3 is 4.84 Å². The summed E-state index contributed by atoms with van der Waals surface area (Å²) in [5.74, 6) is -0.940. The van der Waals surface area contributed by atoms with E-state index in [1.54, 1.807) is 13.0 Å². The maximum Gasteiger partial charge on any atom is 0.229 e. The number of allylic oxidation sites excluding steroid dienone is 4. The van der Waals surface area contributed by atoms with Gasteiger partial charge in [0.25, 0.3) is 0 Å². The zero-order valence-corrected chi connectivity index (χ0v) is 10.8. The molecule has 0 amide bonds. The minimum Gasteiger partial charge on any atom is -0.399 e. The van der Waals surface area contributed by atoms with Crippen LogP contribution < -0.4 is 0 Å². The lowest BCUT2D eigenvalue weighted by atomic mass is 9.79. The smallest absolute Gasteiger partial charge is 0.229 e. The Hall–Kier alpha value is -1.71. The Balaban J connectivity index is 3.24. The predicted octanol–water partition coefficient (Wildman–Crippen LogP) is 2.06. The summed E-state index contributed by atoms with van der Waals surface area (Å²) in [7, 11) is 1.44. The lowest BCUT2D eigenvalue weighted by molar-refractivity contribution is -0.132. The highest BCUT2D eigenvalue weighted by atomic mass is 16.6. The first-order valence-electron chi connectivity index (χ1n) is 5.38. The molecule has 92 valence electrons. The van der Waals surface area contributed by atoms with Gasteiger partial charge in [0.05, 0.1) is 5.71 Å². The van der Waals surface area contributed by atoms with Crippen molar-refractivity contribution >= 4 is 17.3 Å². The van der Waals surface area contributed by atoms with E-state index in [2.05, 4.69) is 9.99 Å². The molecule has 0 atom stereocenters. The molecule has 0 aromatic rings. The summed E-state index contributed by atoms with van der Waals surface area (Å²) < 4.78 is 0. The van der Waals surface area contributed by atoms with Crippen molar-refractivity contribution in [3.63, 3.8) is 0 Å². The molecule has 0 aromatic heterocycles. The number of Topliss-reactive ketones (excluding diaryl/α,β-unsaturated/α-hetero) is 1. The van der Waals surface area contributed by atoms with Gasteiger partial charge in [-0.15, -0.1) is 0 Å². The van der Waals surface area contributed by atoms with Crippen LogP contribution in [-0.2, 0) is 14.4 Å². The van der Waals surface area contributed by atoms with Gasteiger partial charge >= 0.3 is 0 Å². The van der Waals surface area contributed by atoms with Crippen LogP contribution in [-0.4, -0.2) is 24.4 Å². The quantitative estimate of drug-likeness (QED) is 0.318. The van der Waals surface area contributed by atoms with Crippen molar-refractivity contribution in [3.05, 3.63) is 23.3 Å². The highest BCUT2D eigenvalue weighted by molar-refractivity contribution is 6.49. The number of oxime groups is 1. The summed E-state index contributed by atoms with van der Waals surface area (Å²) >= 11 is 0. The van der Waals surface area contributed by atoms with Crippen LogP contribution in [0.3, 0.4) is 0 Å². The van der Waals surface area contributed by atoms with Crippen LogP contribution in [0.2, 0.25) is 0 Å². The fourth-order valence-corrected chi connectivity index (χ4v) is 1.56. The van der Waals surface area contributed by atoms with Gasteiger partial charge in [-0.3, -0.25) is 9.59 Å². The average Bonchev–Trinajstić information content (AvgIpc) is 2.20. The summed E-state index contributed by atoms with van der Waals surface area (Å²) in [6.07, 6.45) is 3.01. The molecule has 0 heterocycles. The Morgan fingerprint density at radius 3 is 2.29 bits per heavy atom. The van der Waals surface area contributed by atoms with Crippen molar-refractivity contribution in [2.75, 3.05) is 7.11 Å². The van der Waals surface area contributed by atoms with Gasteiger partial charge in [0.15, 0.2) is 0 Å². The monoisotopic (exact) mass is 235 g/mol. The van der Waals surface area contributed by atoms with Gasteiger partial charge in [-0.25, -0.2) is 0 Å². The lowest BCUT2D eigenvalue weighted by Crippen LogP contribution is -2.27. The number of ketones is 2. The highest BCUT2D eigenvalue weighted by Gasteiger charge is 2.31. The molecule has 0 fully saturated rings. The molecule has 0 spiro atoms. The summed E-state index contributed by atoms with van der Waals surface area (Å²) in [6, 6.07) is 0. The van der Waals surface area contributed by atoms with E-state index in [0.717, 1.165) is 0 Å². The van der Waals surface area contributed by atoms with E-state index in [-0.39, 0.29) is 5.41 Å². The molecule has 1 rings (SSSR count). The molecule has 0 radical (unpaired) electrons. The van der Waals surface area contributed by atoms with E-state index >= 15 is 0 Å². The van der Waals surface area contributed by atoms with Gasteiger partial charge in [0.1, 0.15) is 7.11 Å². The molecule has 0 saturated heterocycles. The Kier molecular flexibility index (Phi) is 3.66. The van der Waals surface area contributed by atoms with Gasteiger partial charge in [0, 0.05) is 11.1 Å². The largest absolute Gasteiger partial charge is 0.399 e. The van der Waals surface area contributed by atoms with Gasteiger partial charge in [-0.2, -0.15) is 0 Å². The van der Waals surface area contributed by atoms with Crippen molar-refractivity contribution in [2.45, 2.75) is 27.7 Å². The average molecular weight is 235 g/mol. The van der Waals surface area contributed by atoms with E-state index in [1.807, 2.05) is 20.8 Å². The van der Waals surface area contributed by atoms with Gasteiger partial charge in [-0.05, 0) is 24.5 Å². The Labute approximate surface area is 101 Å². The molecule has 1 aliphatic rings. The van der Waals surface area contributed by atoms with E-state index in [1.165, 1.54) is 13.2 Å². The first-order chi connectivity index (χ1) is 7.77. The second-order valence-corrected chi connectivity index (χ2v) is 4.96. The molecule has 1 aliphatic carbocycles. The van der Waals surface area contributed by atoms with Crippen molar-refractivity contribution in [2.24, 2.45) is 10.6 Å². The number of nitrogens with zero attached hydrogens (tertiary/aromatic N) is 1. The standard InChI is InChI=1S/C13H17NO3/c1-8(14-17-5)9-6-10(13(2,3)4)12(16)11(15)7-9/h6-7H,1-5H3/b14-8+. The van der Waals surface area contributed by atoms with Crippen molar-refractivity contribution in [3.8, 4) is 0 Å². The Morgan fingerprint density at radius 2 is 1.82 bits per heavy atom. The molecule has 0 unspecified atom stereocenters. The van der Waals surface area contributed by atoms with E-state index < -0.39 is 11.6 Å². The third kappa shape index (κ3) is 2.90. The summed E-state index contributed by atoms with van der Waals surface area (Å²) in [4.78, 5) is 28.0. The highest BCUT2D eigenvalue weighted by Crippen LogP contribution is 2.30. The zero-order valence-electron chi connectivity index (χ0n) is 10.8. The second-order valence-electron chi connectivity index (χ2n) is 4.96. The molecular formula is C13H17NO3.